The Kier molecular flexibility index (Phi) is 6.61. The largest absolute Gasteiger partial charge is 0.309 e. The highest BCUT2D eigenvalue weighted by Crippen LogP contribution is 2.40. The van der Waals surface area contributed by atoms with Crippen molar-refractivity contribution in [1.82, 2.24) is 0 Å². The lowest BCUT2D eigenvalue weighted by molar-refractivity contribution is 0.377. The van der Waals surface area contributed by atoms with Gasteiger partial charge < -0.3 is 5.41 Å². The molecule has 1 rings (SSSR count). The Bertz CT molecular complexity index is 522. The molecule has 0 spiro atoms. The highest BCUT2D eigenvalue weighted by Gasteiger charge is 2.26. The van der Waals surface area contributed by atoms with Gasteiger partial charge in [0.15, 0.2) is 0 Å². The van der Waals surface area contributed by atoms with Gasteiger partial charge in [-0.2, -0.15) is 0 Å². The van der Waals surface area contributed by atoms with Crippen LogP contribution in [0, 0.1) is 10.8 Å². The molecule has 0 aromatic heterocycles. The smallest absolute Gasteiger partial charge is 0.0180 e. The van der Waals surface area contributed by atoms with Gasteiger partial charge in [-0.15, -0.1) is 0 Å². The van der Waals surface area contributed by atoms with Crippen molar-refractivity contribution in [3.8, 4) is 0 Å². The molecule has 1 N–H and O–H groups in total. The zero-order valence-corrected chi connectivity index (χ0v) is 14.2. The second kappa shape index (κ2) is 7.97. The Morgan fingerprint density at radius 2 is 1.76 bits per heavy atom. The lowest BCUT2D eigenvalue weighted by Gasteiger charge is -2.32. The third-order valence-corrected chi connectivity index (χ3v) is 4.12. The first-order chi connectivity index (χ1) is 9.86. The first kappa shape index (κ1) is 17.4. The summed E-state index contributed by atoms with van der Waals surface area (Å²) in [5, 5.41) is 7.02. The average molecular weight is 283 g/mol. The van der Waals surface area contributed by atoms with Crippen LogP contribution in [0.15, 0.2) is 58.7 Å². The maximum absolute atomic E-state index is 7.02. The second-order valence-corrected chi connectivity index (χ2v) is 6.61. The standard InChI is InChI=1S/C20H29N/c1-16(8-6-9-17(2)13-15-21)11-12-19-18(3)10-7-14-20(19,4)5/h6,8-9,11-13,15,21H,7,10,14H2,1-5H3/b9-6+,12-11+,16-8+,17-13-,21-15?. The first-order valence-electron chi connectivity index (χ1n) is 7.77. The molecule has 1 aliphatic carbocycles. The van der Waals surface area contributed by atoms with E-state index in [2.05, 4.69) is 45.9 Å². The Hall–Kier alpha value is -1.63. The number of rotatable bonds is 5. The van der Waals surface area contributed by atoms with E-state index in [-0.39, 0.29) is 0 Å². The van der Waals surface area contributed by atoms with Crippen LogP contribution >= 0.6 is 0 Å². The monoisotopic (exact) mass is 283 g/mol. The third kappa shape index (κ3) is 5.71. The van der Waals surface area contributed by atoms with Gasteiger partial charge in [0.1, 0.15) is 0 Å². The highest BCUT2D eigenvalue weighted by molar-refractivity contribution is 5.69. The van der Waals surface area contributed by atoms with Gasteiger partial charge in [-0.05, 0) is 62.7 Å². The highest BCUT2D eigenvalue weighted by atomic mass is 14.3. The maximum atomic E-state index is 7.02. The molecule has 0 atom stereocenters. The van der Waals surface area contributed by atoms with Crippen LogP contribution < -0.4 is 0 Å². The first-order valence-corrected chi connectivity index (χ1v) is 7.77. The summed E-state index contributed by atoms with van der Waals surface area (Å²) >= 11 is 0. The molecular weight excluding hydrogens is 254 g/mol. The Balaban J connectivity index is 2.80. The van der Waals surface area contributed by atoms with Crippen molar-refractivity contribution in [2.45, 2.75) is 53.9 Å². The fourth-order valence-electron chi connectivity index (χ4n) is 2.82. The molecular formula is C20H29N. The number of nitrogens with one attached hydrogen (secondary N) is 1. The summed E-state index contributed by atoms with van der Waals surface area (Å²) < 4.78 is 0. The van der Waals surface area contributed by atoms with Crippen molar-refractivity contribution in [1.29, 1.82) is 5.41 Å². The van der Waals surface area contributed by atoms with E-state index in [1.165, 1.54) is 42.2 Å². The molecule has 0 aliphatic heterocycles. The average Bonchev–Trinajstić information content (AvgIpc) is 2.37. The van der Waals surface area contributed by atoms with Crippen LogP contribution in [-0.4, -0.2) is 6.21 Å². The van der Waals surface area contributed by atoms with Gasteiger partial charge in [-0.25, -0.2) is 0 Å². The van der Waals surface area contributed by atoms with Gasteiger partial charge in [0, 0.05) is 6.21 Å². The minimum atomic E-state index is 0.304. The summed E-state index contributed by atoms with van der Waals surface area (Å²) in [5.41, 5.74) is 5.68. The van der Waals surface area contributed by atoms with Crippen LogP contribution in [0.1, 0.15) is 53.9 Å². The SMILES string of the molecule is CC1=C(/C=C/C(C)=C/C=C/C(C)=C\C=N)C(C)(C)CCC1. The van der Waals surface area contributed by atoms with E-state index in [9.17, 15) is 0 Å². The Morgan fingerprint density at radius 3 is 2.38 bits per heavy atom. The zero-order chi connectivity index (χ0) is 15.9. The molecule has 0 heterocycles. The van der Waals surface area contributed by atoms with Gasteiger partial charge in [-0.3, -0.25) is 0 Å². The van der Waals surface area contributed by atoms with Gasteiger partial charge in [-0.1, -0.05) is 55.4 Å². The topological polar surface area (TPSA) is 23.9 Å². The van der Waals surface area contributed by atoms with Gasteiger partial charge in [0.05, 0.1) is 0 Å². The van der Waals surface area contributed by atoms with Crippen LogP contribution in [0.25, 0.3) is 0 Å². The van der Waals surface area contributed by atoms with Crippen LogP contribution in [0.4, 0.5) is 0 Å². The predicted octanol–water partition coefficient (Wildman–Crippen LogP) is 6.17. The van der Waals surface area contributed by atoms with Crippen molar-refractivity contribution in [2.24, 2.45) is 5.41 Å². The molecule has 0 bridgehead atoms. The van der Waals surface area contributed by atoms with Crippen molar-refractivity contribution >= 4 is 6.21 Å². The van der Waals surface area contributed by atoms with Crippen LogP contribution in [-0.2, 0) is 0 Å². The molecule has 0 fully saturated rings. The van der Waals surface area contributed by atoms with Crippen molar-refractivity contribution in [3.63, 3.8) is 0 Å². The van der Waals surface area contributed by atoms with Crippen molar-refractivity contribution in [2.75, 3.05) is 0 Å². The number of hydrogen-bond donors (Lipinski definition) is 1. The van der Waals surface area contributed by atoms with E-state index in [1.54, 1.807) is 6.08 Å². The van der Waals surface area contributed by atoms with E-state index < -0.39 is 0 Å². The normalized spacial score (nSPS) is 20.6. The molecule has 0 amide bonds. The molecule has 1 nitrogen and oxygen atoms in total. The van der Waals surface area contributed by atoms with E-state index >= 15 is 0 Å². The Morgan fingerprint density at radius 1 is 1.10 bits per heavy atom. The molecule has 114 valence electrons. The molecule has 1 heteroatoms. The minimum Gasteiger partial charge on any atom is -0.309 e. The van der Waals surface area contributed by atoms with E-state index in [0.29, 0.717) is 5.41 Å². The fourth-order valence-corrected chi connectivity index (χ4v) is 2.82. The summed E-state index contributed by atoms with van der Waals surface area (Å²) in [7, 11) is 0. The molecule has 0 saturated heterocycles. The quantitative estimate of drug-likeness (QED) is 0.461. The van der Waals surface area contributed by atoms with Gasteiger partial charge >= 0.3 is 0 Å². The van der Waals surface area contributed by atoms with Crippen LogP contribution in [0.5, 0.6) is 0 Å². The molecule has 0 saturated carbocycles. The number of allylic oxidation sites excluding steroid dienone is 10. The van der Waals surface area contributed by atoms with Crippen molar-refractivity contribution in [3.05, 3.63) is 58.7 Å². The summed E-state index contributed by atoms with van der Waals surface area (Å²) in [5.74, 6) is 0. The number of hydrogen-bond acceptors (Lipinski definition) is 1. The van der Waals surface area contributed by atoms with Crippen LogP contribution in [0.3, 0.4) is 0 Å². The molecule has 0 aromatic carbocycles. The summed E-state index contributed by atoms with van der Waals surface area (Å²) in [6.07, 6.45) is 17.6. The van der Waals surface area contributed by atoms with Gasteiger partial charge in [0.25, 0.3) is 0 Å². The van der Waals surface area contributed by atoms with Crippen molar-refractivity contribution < 1.29 is 0 Å². The lowest BCUT2D eigenvalue weighted by Crippen LogP contribution is -2.19. The predicted molar refractivity (Wildman–Crippen MR) is 94.9 cm³/mol. The zero-order valence-electron chi connectivity index (χ0n) is 14.2. The summed E-state index contributed by atoms with van der Waals surface area (Å²) in [6.45, 7) is 11.1. The lowest BCUT2D eigenvalue weighted by atomic mass is 9.72. The maximum Gasteiger partial charge on any atom is 0.0180 e. The van der Waals surface area contributed by atoms with E-state index in [1.807, 2.05) is 19.1 Å². The Labute approximate surface area is 130 Å². The third-order valence-electron chi connectivity index (χ3n) is 4.12. The fraction of sp³-hybridized carbons (Fsp3) is 0.450. The van der Waals surface area contributed by atoms with E-state index in [4.69, 9.17) is 5.41 Å². The molecule has 21 heavy (non-hydrogen) atoms. The molecule has 0 aromatic rings. The second-order valence-electron chi connectivity index (χ2n) is 6.61. The van der Waals surface area contributed by atoms with E-state index in [0.717, 1.165) is 5.57 Å². The summed E-state index contributed by atoms with van der Waals surface area (Å²) in [6, 6.07) is 0. The minimum absolute atomic E-state index is 0.304. The molecule has 0 radical (unpaired) electrons. The van der Waals surface area contributed by atoms with Gasteiger partial charge in [0.2, 0.25) is 0 Å². The molecule has 1 aliphatic rings. The summed E-state index contributed by atoms with van der Waals surface area (Å²) in [4.78, 5) is 0. The van der Waals surface area contributed by atoms with Crippen LogP contribution in [0.2, 0.25) is 0 Å². The molecule has 0 unspecified atom stereocenters.